The van der Waals surface area contributed by atoms with Crippen LogP contribution in [0.2, 0.25) is 0 Å². The van der Waals surface area contributed by atoms with Gasteiger partial charge in [0.2, 0.25) is 0 Å². The topological polar surface area (TPSA) is 47.6 Å². The van der Waals surface area contributed by atoms with E-state index in [-0.39, 0.29) is 18.6 Å². The number of carbonyl (C=O) groups is 1. The lowest BCUT2D eigenvalue weighted by atomic mass is 9.91. The van der Waals surface area contributed by atoms with Crippen molar-refractivity contribution in [2.45, 2.75) is 52.1 Å². The maximum atomic E-state index is 11.8. The van der Waals surface area contributed by atoms with Gasteiger partial charge in [0.1, 0.15) is 5.75 Å². The monoisotopic (exact) mass is 305 g/mol. The van der Waals surface area contributed by atoms with Crippen LogP contribution < -0.4 is 10.1 Å². The second kappa shape index (κ2) is 8.79. The van der Waals surface area contributed by atoms with Gasteiger partial charge in [-0.05, 0) is 63.1 Å². The van der Waals surface area contributed by atoms with Gasteiger partial charge in [0, 0.05) is 13.2 Å². The Labute approximate surface area is 133 Å². The molecule has 0 unspecified atom stereocenters. The molecule has 0 saturated carbocycles. The minimum absolute atomic E-state index is 0.0713. The van der Waals surface area contributed by atoms with E-state index in [0.717, 1.165) is 25.0 Å². The molecular formula is C18H27NO3. The first-order valence-corrected chi connectivity index (χ1v) is 8.28. The number of nitrogens with one attached hydrogen (secondary N) is 1. The molecule has 2 rings (SSSR count). The molecule has 0 fully saturated rings. The largest absolute Gasteiger partial charge is 0.483 e. The molecule has 22 heavy (non-hydrogen) atoms. The molecule has 0 saturated heterocycles. The number of amides is 1. The van der Waals surface area contributed by atoms with Gasteiger partial charge in [-0.15, -0.1) is 0 Å². The summed E-state index contributed by atoms with van der Waals surface area (Å²) in [5.41, 5.74) is 2.65. The zero-order chi connectivity index (χ0) is 15.8. The molecule has 1 N–H and O–H groups in total. The highest BCUT2D eigenvalue weighted by Crippen LogP contribution is 2.29. The normalized spacial score (nSPS) is 13.8. The summed E-state index contributed by atoms with van der Waals surface area (Å²) in [6.45, 7) is 5.40. The first kappa shape index (κ1) is 16.8. The predicted molar refractivity (Wildman–Crippen MR) is 87.3 cm³/mol. The van der Waals surface area contributed by atoms with Crippen molar-refractivity contribution in [2.24, 2.45) is 0 Å². The van der Waals surface area contributed by atoms with E-state index in [1.165, 1.54) is 24.0 Å². The Morgan fingerprint density at radius 2 is 2.09 bits per heavy atom. The number of hydrogen-bond acceptors (Lipinski definition) is 3. The van der Waals surface area contributed by atoms with Gasteiger partial charge < -0.3 is 14.8 Å². The van der Waals surface area contributed by atoms with Crippen LogP contribution in [-0.2, 0) is 22.4 Å². The van der Waals surface area contributed by atoms with Crippen LogP contribution in [0.4, 0.5) is 0 Å². The van der Waals surface area contributed by atoms with Gasteiger partial charge in [-0.1, -0.05) is 12.1 Å². The van der Waals surface area contributed by atoms with E-state index >= 15 is 0 Å². The Morgan fingerprint density at radius 1 is 1.27 bits per heavy atom. The van der Waals surface area contributed by atoms with Crippen LogP contribution in [0.5, 0.6) is 5.75 Å². The van der Waals surface area contributed by atoms with Gasteiger partial charge in [0.05, 0.1) is 6.10 Å². The number of ether oxygens (including phenoxy) is 2. The van der Waals surface area contributed by atoms with E-state index in [9.17, 15) is 4.79 Å². The van der Waals surface area contributed by atoms with Crippen LogP contribution in [0, 0.1) is 0 Å². The third-order valence-corrected chi connectivity index (χ3v) is 3.81. The summed E-state index contributed by atoms with van der Waals surface area (Å²) < 4.78 is 11.2. The summed E-state index contributed by atoms with van der Waals surface area (Å²) in [7, 11) is 0. The standard InChI is InChI=1S/C18H27NO3/c1-14(2)21-12-6-11-19-18(20)13-22-17-10-5-8-15-7-3-4-9-16(15)17/h5,8,10,14H,3-4,6-7,9,11-13H2,1-2H3,(H,19,20). The van der Waals surface area contributed by atoms with Crippen LogP contribution in [-0.4, -0.2) is 31.8 Å². The maximum absolute atomic E-state index is 11.8. The van der Waals surface area contributed by atoms with Crippen LogP contribution in [0.3, 0.4) is 0 Å². The Hall–Kier alpha value is -1.55. The van der Waals surface area contributed by atoms with E-state index < -0.39 is 0 Å². The predicted octanol–water partition coefficient (Wildman–Crippen LogP) is 2.88. The lowest BCUT2D eigenvalue weighted by molar-refractivity contribution is -0.123. The number of aryl methyl sites for hydroxylation is 1. The summed E-state index contributed by atoms with van der Waals surface area (Å²) in [6, 6.07) is 6.14. The molecule has 122 valence electrons. The molecule has 0 heterocycles. The SMILES string of the molecule is CC(C)OCCCNC(=O)COc1cccc2c1CCCC2. The second-order valence-electron chi connectivity index (χ2n) is 6.01. The zero-order valence-electron chi connectivity index (χ0n) is 13.7. The number of fused-ring (bicyclic) bond motifs is 1. The average Bonchev–Trinajstić information content (AvgIpc) is 2.52. The van der Waals surface area contributed by atoms with E-state index in [4.69, 9.17) is 9.47 Å². The van der Waals surface area contributed by atoms with Crippen molar-refractivity contribution < 1.29 is 14.3 Å². The molecule has 4 nitrogen and oxygen atoms in total. The molecule has 1 aromatic carbocycles. The van der Waals surface area contributed by atoms with Crippen molar-refractivity contribution in [3.8, 4) is 5.75 Å². The Morgan fingerprint density at radius 3 is 2.91 bits per heavy atom. The molecule has 0 aromatic heterocycles. The van der Waals surface area contributed by atoms with Gasteiger partial charge in [-0.3, -0.25) is 4.79 Å². The van der Waals surface area contributed by atoms with E-state index in [1.807, 2.05) is 26.0 Å². The van der Waals surface area contributed by atoms with Crippen LogP contribution in [0.1, 0.15) is 44.2 Å². The highest BCUT2D eigenvalue weighted by atomic mass is 16.5. The average molecular weight is 305 g/mol. The number of carbonyl (C=O) groups excluding carboxylic acids is 1. The van der Waals surface area contributed by atoms with Gasteiger partial charge in [0.15, 0.2) is 6.61 Å². The molecule has 0 aliphatic heterocycles. The van der Waals surface area contributed by atoms with E-state index in [0.29, 0.717) is 13.2 Å². The summed E-state index contributed by atoms with van der Waals surface area (Å²) in [5, 5.41) is 2.86. The summed E-state index contributed by atoms with van der Waals surface area (Å²) in [4.78, 5) is 11.8. The summed E-state index contributed by atoms with van der Waals surface area (Å²) in [5.74, 6) is 0.799. The first-order valence-electron chi connectivity index (χ1n) is 8.28. The Balaban J connectivity index is 1.70. The minimum atomic E-state index is -0.0713. The molecule has 1 aliphatic rings. The molecule has 0 spiro atoms. The molecular weight excluding hydrogens is 278 g/mol. The molecule has 1 amide bonds. The number of rotatable bonds is 8. The highest BCUT2D eigenvalue weighted by Gasteiger charge is 2.14. The molecule has 0 bridgehead atoms. The smallest absolute Gasteiger partial charge is 0.257 e. The van der Waals surface area contributed by atoms with Crippen LogP contribution >= 0.6 is 0 Å². The van der Waals surface area contributed by atoms with Crippen LogP contribution in [0.15, 0.2) is 18.2 Å². The van der Waals surface area contributed by atoms with Gasteiger partial charge in [0.25, 0.3) is 5.91 Å². The van der Waals surface area contributed by atoms with Crippen molar-refractivity contribution in [3.63, 3.8) is 0 Å². The second-order valence-corrected chi connectivity index (χ2v) is 6.01. The third kappa shape index (κ3) is 5.34. The van der Waals surface area contributed by atoms with Gasteiger partial charge in [-0.25, -0.2) is 0 Å². The maximum Gasteiger partial charge on any atom is 0.257 e. The fourth-order valence-corrected chi connectivity index (χ4v) is 2.69. The quantitative estimate of drug-likeness (QED) is 0.751. The summed E-state index contributed by atoms with van der Waals surface area (Å²) >= 11 is 0. The molecule has 4 heteroatoms. The van der Waals surface area contributed by atoms with Gasteiger partial charge >= 0.3 is 0 Å². The number of benzene rings is 1. The van der Waals surface area contributed by atoms with Crippen molar-refractivity contribution >= 4 is 5.91 Å². The van der Waals surface area contributed by atoms with Gasteiger partial charge in [-0.2, -0.15) is 0 Å². The Kier molecular flexibility index (Phi) is 6.72. The molecule has 0 radical (unpaired) electrons. The van der Waals surface area contributed by atoms with Crippen LogP contribution in [0.25, 0.3) is 0 Å². The molecule has 0 atom stereocenters. The van der Waals surface area contributed by atoms with E-state index in [1.54, 1.807) is 0 Å². The van der Waals surface area contributed by atoms with Crippen molar-refractivity contribution in [2.75, 3.05) is 19.8 Å². The third-order valence-electron chi connectivity index (χ3n) is 3.81. The Bertz CT molecular complexity index is 485. The minimum Gasteiger partial charge on any atom is -0.483 e. The fourth-order valence-electron chi connectivity index (χ4n) is 2.69. The number of hydrogen-bond donors (Lipinski definition) is 1. The fraction of sp³-hybridized carbons (Fsp3) is 0.611. The summed E-state index contributed by atoms with van der Waals surface area (Å²) in [6.07, 6.45) is 5.69. The first-order chi connectivity index (χ1) is 10.7. The molecule has 1 aromatic rings. The van der Waals surface area contributed by atoms with Crippen molar-refractivity contribution in [1.82, 2.24) is 5.32 Å². The van der Waals surface area contributed by atoms with E-state index in [2.05, 4.69) is 11.4 Å². The lowest BCUT2D eigenvalue weighted by Crippen LogP contribution is -2.30. The highest BCUT2D eigenvalue weighted by molar-refractivity contribution is 5.77. The van der Waals surface area contributed by atoms with Crippen molar-refractivity contribution in [3.05, 3.63) is 29.3 Å². The van der Waals surface area contributed by atoms with Crippen molar-refractivity contribution in [1.29, 1.82) is 0 Å². The zero-order valence-corrected chi connectivity index (χ0v) is 13.7. The lowest BCUT2D eigenvalue weighted by Gasteiger charge is -2.19. The molecule has 1 aliphatic carbocycles.